The van der Waals surface area contributed by atoms with E-state index >= 15 is 0 Å². The first kappa shape index (κ1) is 13.1. The smallest absolute Gasteiger partial charge is 0.421 e. The summed E-state index contributed by atoms with van der Waals surface area (Å²) < 4.78 is 8.96. The number of rotatable bonds is 4. The van der Waals surface area contributed by atoms with Gasteiger partial charge in [0.05, 0.1) is 19.3 Å². The van der Waals surface area contributed by atoms with Crippen LogP contribution in [0.2, 0.25) is 0 Å². The van der Waals surface area contributed by atoms with Crippen molar-refractivity contribution >= 4 is 17.7 Å². The summed E-state index contributed by atoms with van der Waals surface area (Å²) in [6, 6.07) is 0. The van der Waals surface area contributed by atoms with E-state index in [1.54, 1.807) is 6.92 Å². The van der Waals surface area contributed by atoms with Crippen molar-refractivity contribution in [1.82, 2.24) is 0 Å². The molecule has 0 rings (SSSR count). The lowest BCUT2D eigenvalue weighted by Gasteiger charge is -1.97. The monoisotopic (exact) mass is 212 g/mol. The van der Waals surface area contributed by atoms with E-state index < -0.39 is 11.9 Å². The largest absolute Gasteiger partial charge is 0.466 e. The van der Waals surface area contributed by atoms with Gasteiger partial charge in [0.2, 0.25) is 0 Å². The molecule has 0 heterocycles. The minimum absolute atomic E-state index is 0.156. The molecule has 0 amide bonds. The molecule has 0 saturated carbocycles. The lowest BCUT2D eigenvalue weighted by atomic mass is 10.2. The Morgan fingerprint density at radius 2 is 2.07 bits per heavy atom. The van der Waals surface area contributed by atoms with Crippen LogP contribution < -0.4 is 0 Å². The summed E-state index contributed by atoms with van der Waals surface area (Å²) in [5, 5.41) is 0. The quantitative estimate of drug-likeness (QED) is 0.221. The molecule has 0 radical (unpaired) electrons. The molecule has 0 spiro atoms. The van der Waals surface area contributed by atoms with E-state index in [4.69, 9.17) is 5.53 Å². The van der Waals surface area contributed by atoms with Crippen LogP contribution >= 0.6 is 0 Å². The van der Waals surface area contributed by atoms with Gasteiger partial charge in [-0.05, 0) is 13.8 Å². The van der Waals surface area contributed by atoms with Gasteiger partial charge in [-0.3, -0.25) is 0 Å². The Balaban J connectivity index is 4.86. The molecule has 6 nitrogen and oxygen atoms in total. The number of hydrogen-bond acceptors (Lipinski definition) is 4. The Kier molecular flexibility index (Phi) is 5.66. The van der Waals surface area contributed by atoms with E-state index in [2.05, 4.69) is 14.3 Å². The molecule has 0 atom stereocenters. The first-order chi connectivity index (χ1) is 7.06. The van der Waals surface area contributed by atoms with Crippen LogP contribution in [0.15, 0.2) is 11.6 Å². The van der Waals surface area contributed by atoms with E-state index in [-0.39, 0.29) is 17.9 Å². The van der Waals surface area contributed by atoms with Crippen molar-refractivity contribution in [2.75, 3.05) is 13.7 Å². The summed E-state index contributed by atoms with van der Waals surface area (Å²) in [5.41, 5.74) is 8.43. The fourth-order valence-corrected chi connectivity index (χ4v) is 0.784. The average Bonchev–Trinajstić information content (AvgIpc) is 2.19. The highest BCUT2D eigenvalue weighted by Gasteiger charge is 2.24. The summed E-state index contributed by atoms with van der Waals surface area (Å²) in [6.45, 7) is 3.21. The lowest BCUT2D eigenvalue weighted by molar-refractivity contribution is -0.139. The predicted molar refractivity (Wildman–Crippen MR) is 51.0 cm³/mol. The molecule has 82 valence electrons. The number of nitrogens with zero attached hydrogens (tertiary/aromatic N) is 2. The Hall–Kier alpha value is -1.94. The minimum atomic E-state index is -0.794. The van der Waals surface area contributed by atoms with Gasteiger partial charge in [0, 0.05) is 6.08 Å². The maximum absolute atomic E-state index is 11.2. The van der Waals surface area contributed by atoms with Crippen molar-refractivity contribution in [2.24, 2.45) is 0 Å². The highest BCUT2D eigenvalue weighted by molar-refractivity contribution is 6.41. The third-order valence-electron chi connectivity index (χ3n) is 1.48. The van der Waals surface area contributed by atoms with Crippen molar-refractivity contribution in [1.29, 1.82) is 0 Å². The summed E-state index contributed by atoms with van der Waals surface area (Å²) in [4.78, 5) is 24.8. The number of hydrogen-bond donors (Lipinski definition) is 0. The molecule has 0 aromatic heterocycles. The van der Waals surface area contributed by atoms with Crippen molar-refractivity contribution < 1.29 is 23.9 Å². The molecule has 0 saturated heterocycles. The van der Waals surface area contributed by atoms with Gasteiger partial charge in [0.1, 0.15) is 0 Å². The Bertz CT molecular complexity index is 340. The van der Waals surface area contributed by atoms with Crippen LogP contribution in [0, 0.1) is 0 Å². The molecule has 6 heteroatoms. The van der Waals surface area contributed by atoms with Crippen LogP contribution in [-0.4, -0.2) is 36.2 Å². The number of ether oxygens (including phenoxy) is 2. The van der Waals surface area contributed by atoms with E-state index in [1.165, 1.54) is 14.0 Å². The van der Waals surface area contributed by atoms with Crippen molar-refractivity contribution in [2.45, 2.75) is 13.8 Å². The third-order valence-corrected chi connectivity index (χ3v) is 1.48. The van der Waals surface area contributed by atoms with Crippen LogP contribution in [-0.2, 0) is 19.1 Å². The molecule has 0 N–H and O–H groups in total. The average molecular weight is 212 g/mol. The number of carbonyl (C=O) groups excluding carboxylic acids is 2. The number of carbonyl (C=O) groups is 2. The third kappa shape index (κ3) is 4.19. The molecule has 0 aliphatic carbocycles. The summed E-state index contributed by atoms with van der Waals surface area (Å²) in [7, 11) is 1.20. The Morgan fingerprint density at radius 1 is 1.47 bits per heavy atom. The van der Waals surface area contributed by atoms with Gasteiger partial charge in [-0.15, -0.1) is 0 Å². The minimum Gasteiger partial charge on any atom is -0.466 e. The van der Waals surface area contributed by atoms with Crippen molar-refractivity contribution in [3.63, 3.8) is 0 Å². The van der Waals surface area contributed by atoms with Gasteiger partial charge in [-0.2, -0.15) is 4.79 Å². The van der Waals surface area contributed by atoms with E-state index in [9.17, 15) is 9.59 Å². The fraction of sp³-hybridized carbons (Fsp3) is 0.444. The van der Waals surface area contributed by atoms with Crippen LogP contribution in [0.4, 0.5) is 0 Å². The molecular weight excluding hydrogens is 200 g/mol. The molecular formula is C9H12N2O4. The second kappa shape index (κ2) is 6.50. The van der Waals surface area contributed by atoms with Crippen LogP contribution in [0.25, 0.3) is 5.53 Å². The van der Waals surface area contributed by atoms with Gasteiger partial charge in [-0.25, -0.2) is 9.59 Å². The summed E-state index contributed by atoms with van der Waals surface area (Å²) >= 11 is 0. The van der Waals surface area contributed by atoms with Crippen LogP contribution in [0.1, 0.15) is 13.8 Å². The van der Waals surface area contributed by atoms with Gasteiger partial charge in [0.15, 0.2) is 0 Å². The zero-order valence-corrected chi connectivity index (χ0v) is 8.81. The van der Waals surface area contributed by atoms with E-state index in [0.29, 0.717) is 0 Å². The van der Waals surface area contributed by atoms with Crippen LogP contribution in [0.3, 0.4) is 0 Å². The lowest BCUT2D eigenvalue weighted by Crippen LogP contribution is -2.20. The van der Waals surface area contributed by atoms with Gasteiger partial charge < -0.3 is 15.0 Å². The van der Waals surface area contributed by atoms with Gasteiger partial charge >= 0.3 is 17.7 Å². The molecule has 0 fully saturated rings. The molecule has 0 aliphatic heterocycles. The highest BCUT2D eigenvalue weighted by atomic mass is 16.5. The van der Waals surface area contributed by atoms with E-state index in [1.807, 2.05) is 0 Å². The first-order valence-corrected chi connectivity index (χ1v) is 4.22. The van der Waals surface area contributed by atoms with Crippen LogP contribution in [0.5, 0.6) is 0 Å². The van der Waals surface area contributed by atoms with Crippen molar-refractivity contribution in [3.8, 4) is 0 Å². The maximum atomic E-state index is 11.2. The first-order valence-electron chi connectivity index (χ1n) is 4.22. The molecule has 0 unspecified atom stereocenters. The number of methoxy groups -OCH3 is 1. The summed E-state index contributed by atoms with van der Waals surface area (Å²) in [6.07, 6.45) is 1.03. The molecule has 0 aromatic carbocycles. The highest BCUT2D eigenvalue weighted by Crippen LogP contribution is 1.98. The van der Waals surface area contributed by atoms with Gasteiger partial charge in [-0.1, -0.05) is 0 Å². The second-order valence-electron chi connectivity index (χ2n) is 2.52. The predicted octanol–water partition coefficient (Wildman–Crippen LogP) is 0.340. The molecule has 0 aromatic rings. The zero-order valence-electron chi connectivity index (χ0n) is 8.81. The molecule has 15 heavy (non-hydrogen) atoms. The number of esters is 2. The molecule has 0 aliphatic rings. The van der Waals surface area contributed by atoms with E-state index in [0.717, 1.165) is 6.08 Å². The fourth-order valence-electron chi connectivity index (χ4n) is 0.784. The Morgan fingerprint density at radius 3 is 2.47 bits per heavy atom. The maximum Gasteiger partial charge on any atom is 0.421 e. The normalized spacial score (nSPS) is 10.2. The zero-order chi connectivity index (χ0) is 11.8. The Labute approximate surface area is 87.1 Å². The standard InChI is InChI=1S/C9H12N2O4/c1-4-15-9(13)8(11-10)6(2)5-7(12)14-3/h5H,4H2,1-3H3/b6-5-. The summed E-state index contributed by atoms with van der Waals surface area (Å²) in [5.74, 6) is -1.43. The van der Waals surface area contributed by atoms with Gasteiger partial charge in [0.25, 0.3) is 0 Å². The van der Waals surface area contributed by atoms with Crippen molar-refractivity contribution in [3.05, 3.63) is 17.2 Å². The topological polar surface area (TPSA) is 89.0 Å². The second-order valence-corrected chi connectivity index (χ2v) is 2.52. The molecule has 0 bridgehead atoms. The SMILES string of the molecule is CCOC(=O)C(=[N+]=[N-])/C(C)=C\C(=O)OC.